The normalized spacial score (nSPS) is 29.4. The van der Waals surface area contributed by atoms with Gasteiger partial charge in [0.05, 0.1) is 6.10 Å². The Morgan fingerprint density at radius 2 is 2.21 bits per heavy atom. The highest BCUT2D eigenvalue weighted by Crippen LogP contribution is 2.18. The SMILES string of the molecule is CC(CO)CCCNC1CCCC1O. The number of hydrogen-bond acceptors (Lipinski definition) is 3. The minimum absolute atomic E-state index is 0.134. The molecule has 1 rings (SSSR count). The van der Waals surface area contributed by atoms with Crippen LogP contribution in [-0.2, 0) is 0 Å². The lowest BCUT2D eigenvalue weighted by Gasteiger charge is -2.16. The molecule has 0 radical (unpaired) electrons. The van der Waals surface area contributed by atoms with Crippen LogP contribution in [0.1, 0.15) is 39.0 Å². The number of rotatable bonds is 6. The van der Waals surface area contributed by atoms with Gasteiger partial charge in [0.25, 0.3) is 0 Å². The van der Waals surface area contributed by atoms with E-state index in [2.05, 4.69) is 12.2 Å². The van der Waals surface area contributed by atoms with Gasteiger partial charge < -0.3 is 15.5 Å². The van der Waals surface area contributed by atoms with E-state index in [1.54, 1.807) is 0 Å². The van der Waals surface area contributed by atoms with Crippen molar-refractivity contribution in [3.63, 3.8) is 0 Å². The second kappa shape index (κ2) is 6.38. The summed E-state index contributed by atoms with van der Waals surface area (Å²) in [5.74, 6) is 0.408. The van der Waals surface area contributed by atoms with E-state index in [-0.39, 0.29) is 12.7 Å². The van der Waals surface area contributed by atoms with E-state index in [1.165, 1.54) is 0 Å². The molecule has 1 saturated carbocycles. The molecule has 3 atom stereocenters. The fraction of sp³-hybridized carbons (Fsp3) is 1.00. The molecule has 0 aromatic rings. The topological polar surface area (TPSA) is 52.5 Å². The molecule has 0 aliphatic heterocycles. The van der Waals surface area contributed by atoms with E-state index < -0.39 is 0 Å². The number of aliphatic hydroxyl groups is 2. The van der Waals surface area contributed by atoms with Gasteiger partial charge in [-0.1, -0.05) is 6.92 Å². The van der Waals surface area contributed by atoms with E-state index in [0.29, 0.717) is 12.0 Å². The summed E-state index contributed by atoms with van der Waals surface area (Å²) in [6.45, 7) is 3.31. The summed E-state index contributed by atoms with van der Waals surface area (Å²) in [6, 6.07) is 0.319. The molecule has 0 aromatic heterocycles. The zero-order chi connectivity index (χ0) is 10.4. The molecule has 84 valence electrons. The number of hydrogen-bond donors (Lipinski definition) is 3. The van der Waals surface area contributed by atoms with Crippen molar-refractivity contribution in [1.29, 1.82) is 0 Å². The van der Waals surface area contributed by atoms with Crippen LogP contribution in [-0.4, -0.2) is 35.5 Å². The zero-order valence-corrected chi connectivity index (χ0v) is 9.08. The molecular weight excluding hydrogens is 178 g/mol. The minimum Gasteiger partial charge on any atom is -0.396 e. The molecule has 0 saturated heterocycles. The minimum atomic E-state index is -0.134. The first-order valence-corrected chi connectivity index (χ1v) is 5.76. The molecular formula is C11H23NO2. The highest BCUT2D eigenvalue weighted by molar-refractivity contribution is 4.82. The maximum absolute atomic E-state index is 9.54. The Bertz CT molecular complexity index is 152. The van der Waals surface area contributed by atoms with Crippen LogP contribution in [0.3, 0.4) is 0 Å². The third kappa shape index (κ3) is 3.95. The summed E-state index contributed by atoms with van der Waals surface area (Å²) in [6.07, 6.45) is 5.22. The van der Waals surface area contributed by atoms with Crippen LogP contribution in [0.5, 0.6) is 0 Å². The summed E-state index contributed by atoms with van der Waals surface area (Å²) in [7, 11) is 0. The zero-order valence-electron chi connectivity index (χ0n) is 9.08. The van der Waals surface area contributed by atoms with Gasteiger partial charge >= 0.3 is 0 Å². The Balaban J connectivity index is 1.98. The van der Waals surface area contributed by atoms with Gasteiger partial charge in [-0.25, -0.2) is 0 Å². The van der Waals surface area contributed by atoms with Crippen molar-refractivity contribution < 1.29 is 10.2 Å². The van der Waals surface area contributed by atoms with Crippen molar-refractivity contribution in [2.45, 2.75) is 51.2 Å². The third-order valence-corrected chi connectivity index (χ3v) is 3.07. The Labute approximate surface area is 86.5 Å². The Hall–Kier alpha value is -0.120. The molecule has 14 heavy (non-hydrogen) atoms. The quantitative estimate of drug-likeness (QED) is 0.560. The van der Waals surface area contributed by atoms with Gasteiger partial charge in [0.2, 0.25) is 0 Å². The highest BCUT2D eigenvalue weighted by atomic mass is 16.3. The molecule has 0 amide bonds. The largest absolute Gasteiger partial charge is 0.396 e. The molecule has 0 spiro atoms. The summed E-state index contributed by atoms with van der Waals surface area (Å²) >= 11 is 0. The lowest BCUT2D eigenvalue weighted by Crippen LogP contribution is -2.36. The van der Waals surface area contributed by atoms with E-state index in [0.717, 1.165) is 38.6 Å². The van der Waals surface area contributed by atoms with Gasteiger partial charge in [0.15, 0.2) is 0 Å². The summed E-state index contributed by atoms with van der Waals surface area (Å²) in [5, 5.41) is 21.7. The van der Waals surface area contributed by atoms with E-state index in [9.17, 15) is 5.11 Å². The van der Waals surface area contributed by atoms with Crippen LogP contribution in [0.25, 0.3) is 0 Å². The van der Waals surface area contributed by atoms with Crippen molar-refractivity contribution >= 4 is 0 Å². The van der Waals surface area contributed by atoms with E-state index in [1.807, 2.05) is 0 Å². The third-order valence-electron chi connectivity index (χ3n) is 3.07. The first kappa shape index (κ1) is 12.0. The van der Waals surface area contributed by atoms with Gasteiger partial charge in [-0.05, 0) is 44.6 Å². The first-order chi connectivity index (χ1) is 6.74. The fourth-order valence-corrected chi connectivity index (χ4v) is 2.01. The average molecular weight is 201 g/mol. The van der Waals surface area contributed by atoms with Crippen molar-refractivity contribution in [2.24, 2.45) is 5.92 Å². The number of nitrogens with one attached hydrogen (secondary N) is 1. The Morgan fingerprint density at radius 3 is 2.79 bits per heavy atom. The standard InChI is InChI=1S/C11H23NO2/c1-9(8-13)4-3-7-12-10-5-2-6-11(10)14/h9-14H,2-8H2,1H3. The van der Waals surface area contributed by atoms with Crippen LogP contribution < -0.4 is 5.32 Å². The predicted molar refractivity (Wildman–Crippen MR) is 57.1 cm³/mol. The van der Waals surface area contributed by atoms with E-state index >= 15 is 0 Å². The molecule has 3 heteroatoms. The average Bonchev–Trinajstić information content (AvgIpc) is 2.58. The molecule has 1 fully saturated rings. The van der Waals surface area contributed by atoms with Crippen LogP contribution in [0.2, 0.25) is 0 Å². The van der Waals surface area contributed by atoms with Crippen molar-refractivity contribution in [3.8, 4) is 0 Å². The highest BCUT2D eigenvalue weighted by Gasteiger charge is 2.23. The lowest BCUT2D eigenvalue weighted by atomic mass is 10.1. The maximum Gasteiger partial charge on any atom is 0.0693 e. The van der Waals surface area contributed by atoms with Crippen molar-refractivity contribution in [2.75, 3.05) is 13.2 Å². The van der Waals surface area contributed by atoms with Gasteiger partial charge in [-0.2, -0.15) is 0 Å². The molecule has 3 N–H and O–H groups in total. The summed E-state index contributed by atoms with van der Waals surface area (Å²) in [5.41, 5.74) is 0. The molecule has 0 bridgehead atoms. The Kier molecular flexibility index (Phi) is 5.45. The lowest BCUT2D eigenvalue weighted by molar-refractivity contribution is 0.148. The van der Waals surface area contributed by atoms with Gasteiger partial charge in [0, 0.05) is 12.6 Å². The molecule has 1 aliphatic carbocycles. The van der Waals surface area contributed by atoms with Crippen molar-refractivity contribution in [3.05, 3.63) is 0 Å². The maximum atomic E-state index is 9.54. The smallest absolute Gasteiger partial charge is 0.0693 e. The monoisotopic (exact) mass is 201 g/mol. The number of aliphatic hydroxyl groups excluding tert-OH is 2. The van der Waals surface area contributed by atoms with Gasteiger partial charge in [0.1, 0.15) is 0 Å². The summed E-state index contributed by atoms with van der Waals surface area (Å²) < 4.78 is 0. The Morgan fingerprint density at radius 1 is 1.43 bits per heavy atom. The fourth-order valence-electron chi connectivity index (χ4n) is 2.01. The molecule has 0 aromatic carbocycles. The summed E-state index contributed by atoms with van der Waals surface area (Å²) in [4.78, 5) is 0. The van der Waals surface area contributed by atoms with Gasteiger partial charge in [-0.3, -0.25) is 0 Å². The second-order valence-corrected chi connectivity index (χ2v) is 4.49. The van der Waals surface area contributed by atoms with Crippen molar-refractivity contribution in [1.82, 2.24) is 5.32 Å². The predicted octanol–water partition coefficient (Wildman–Crippen LogP) is 0.898. The van der Waals surface area contributed by atoms with Gasteiger partial charge in [-0.15, -0.1) is 0 Å². The van der Waals surface area contributed by atoms with Crippen LogP contribution in [0.4, 0.5) is 0 Å². The van der Waals surface area contributed by atoms with Crippen LogP contribution >= 0.6 is 0 Å². The molecule has 0 heterocycles. The van der Waals surface area contributed by atoms with Crippen LogP contribution in [0, 0.1) is 5.92 Å². The van der Waals surface area contributed by atoms with Crippen LogP contribution in [0.15, 0.2) is 0 Å². The first-order valence-electron chi connectivity index (χ1n) is 5.76. The molecule has 3 nitrogen and oxygen atoms in total. The molecule has 1 aliphatic rings. The second-order valence-electron chi connectivity index (χ2n) is 4.49. The molecule has 3 unspecified atom stereocenters. The van der Waals surface area contributed by atoms with E-state index in [4.69, 9.17) is 5.11 Å².